The normalized spacial score (nSPS) is 18.4. The van der Waals surface area contributed by atoms with Gasteiger partial charge in [-0.2, -0.15) is 0 Å². The predicted octanol–water partition coefficient (Wildman–Crippen LogP) is 1.93. The van der Waals surface area contributed by atoms with Gasteiger partial charge >= 0.3 is 0 Å². The van der Waals surface area contributed by atoms with Crippen LogP contribution in [0.2, 0.25) is 0 Å². The lowest BCUT2D eigenvalue weighted by atomic mass is 10.0. The Morgan fingerprint density at radius 2 is 2.19 bits per heavy atom. The van der Waals surface area contributed by atoms with Crippen LogP contribution >= 0.6 is 0 Å². The fraction of sp³-hybridized carbons (Fsp3) is 0.769. The van der Waals surface area contributed by atoms with E-state index in [0.717, 1.165) is 19.3 Å². The molecule has 1 fully saturated rings. The van der Waals surface area contributed by atoms with Gasteiger partial charge in [0.15, 0.2) is 0 Å². The number of hydrogen-bond donors (Lipinski definition) is 1. The van der Waals surface area contributed by atoms with Crippen molar-refractivity contribution in [1.29, 1.82) is 0 Å². The van der Waals surface area contributed by atoms with E-state index in [0.29, 0.717) is 19.1 Å². The van der Waals surface area contributed by atoms with Gasteiger partial charge < -0.3 is 10.6 Å². The summed E-state index contributed by atoms with van der Waals surface area (Å²) in [5.41, 5.74) is 5.64. The summed E-state index contributed by atoms with van der Waals surface area (Å²) in [6, 6.07) is 0.422. The van der Waals surface area contributed by atoms with Crippen LogP contribution in [0.3, 0.4) is 0 Å². The summed E-state index contributed by atoms with van der Waals surface area (Å²) in [5.74, 6) is 0.206. The van der Waals surface area contributed by atoms with Crippen molar-refractivity contribution in [2.75, 3.05) is 13.1 Å². The molecule has 16 heavy (non-hydrogen) atoms. The van der Waals surface area contributed by atoms with Gasteiger partial charge in [-0.05, 0) is 19.3 Å². The third-order valence-electron chi connectivity index (χ3n) is 3.50. The van der Waals surface area contributed by atoms with E-state index in [1.54, 1.807) is 0 Å². The maximum Gasteiger partial charge on any atom is 0.227 e. The molecule has 0 heterocycles. The van der Waals surface area contributed by atoms with E-state index in [-0.39, 0.29) is 11.8 Å². The zero-order valence-corrected chi connectivity index (χ0v) is 10.3. The van der Waals surface area contributed by atoms with Crippen molar-refractivity contribution in [3.05, 3.63) is 12.7 Å². The topological polar surface area (TPSA) is 46.3 Å². The molecule has 0 saturated heterocycles. The summed E-state index contributed by atoms with van der Waals surface area (Å²) in [5, 5.41) is 0. The van der Waals surface area contributed by atoms with Gasteiger partial charge in [-0.25, -0.2) is 0 Å². The maximum atomic E-state index is 12.3. The first kappa shape index (κ1) is 13.2. The molecule has 1 saturated carbocycles. The largest absolute Gasteiger partial charge is 0.336 e. The zero-order chi connectivity index (χ0) is 12.0. The standard InChI is InChI=1S/C13H24N2O/c1-3-9-15(12-7-5-6-8-12)13(16)11(4-2)10-14/h3,11-12H,1,4-10,14H2,2H3. The Morgan fingerprint density at radius 3 is 2.62 bits per heavy atom. The van der Waals surface area contributed by atoms with Crippen LogP contribution in [0.4, 0.5) is 0 Å². The van der Waals surface area contributed by atoms with Gasteiger partial charge in [0.05, 0.1) is 5.92 Å². The first-order chi connectivity index (χ1) is 7.74. The van der Waals surface area contributed by atoms with Gasteiger partial charge in [0.25, 0.3) is 0 Å². The van der Waals surface area contributed by atoms with Crippen molar-refractivity contribution in [2.24, 2.45) is 11.7 Å². The average molecular weight is 224 g/mol. The minimum absolute atomic E-state index is 0.0134. The Kier molecular flexibility index (Phi) is 5.53. The van der Waals surface area contributed by atoms with Crippen LogP contribution in [0.25, 0.3) is 0 Å². The van der Waals surface area contributed by atoms with Crippen molar-refractivity contribution < 1.29 is 4.79 Å². The highest BCUT2D eigenvalue weighted by atomic mass is 16.2. The fourth-order valence-corrected chi connectivity index (χ4v) is 2.45. The van der Waals surface area contributed by atoms with E-state index in [1.165, 1.54) is 12.8 Å². The molecule has 0 aromatic rings. The molecule has 0 aliphatic heterocycles. The Morgan fingerprint density at radius 1 is 1.56 bits per heavy atom. The molecular weight excluding hydrogens is 200 g/mol. The van der Waals surface area contributed by atoms with E-state index in [9.17, 15) is 4.79 Å². The number of nitrogens with two attached hydrogens (primary N) is 1. The maximum absolute atomic E-state index is 12.3. The molecule has 1 aliphatic carbocycles. The summed E-state index contributed by atoms with van der Waals surface area (Å²) in [6.07, 6.45) is 7.41. The predicted molar refractivity (Wildman–Crippen MR) is 67.0 cm³/mol. The molecule has 1 aliphatic rings. The van der Waals surface area contributed by atoms with Gasteiger partial charge in [0.2, 0.25) is 5.91 Å². The summed E-state index contributed by atoms with van der Waals surface area (Å²) < 4.78 is 0. The second-order valence-corrected chi connectivity index (χ2v) is 4.56. The fourth-order valence-electron chi connectivity index (χ4n) is 2.45. The third kappa shape index (κ3) is 3.08. The van der Waals surface area contributed by atoms with Crippen LogP contribution in [0.15, 0.2) is 12.7 Å². The minimum atomic E-state index is -0.0134. The quantitative estimate of drug-likeness (QED) is 0.701. The molecule has 1 atom stereocenters. The first-order valence-electron chi connectivity index (χ1n) is 6.36. The number of amides is 1. The molecule has 3 nitrogen and oxygen atoms in total. The molecule has 0 aromatic carbocycles. The molecular formula is C13H24N2O. The smallest absolute Gasteiger partial charge is 0.227 e. The van der Waals surface area contributed by atoms with Crippen LogP contribution in [0.1, 0.15) is 39.0 Å². The van der Waals surface area contributed by atoms with Gasteiger partial charge in [-0.1, -0.05) is 25.8 Å². The molecule has 1 amide bonds. The van der Waals surface area contributed by atoms with E-state index in [2.05, 4.69) is 6.58 Å². The zero-order valence-electron chi connectivity index (χ0n) is 10.3. The summed E-state index contributed by atoms with van der Waals surface area (Å²) in [6.45, 7) is 6.88. The lowest BCUT2D eigenvalue weighted by Gasteiger charge is -2.30. The van der Waals surface area contributed by atoms with Crippen molar-refractivity contribution >= 4 is 5.91 Å². The lowest BCUT2D eigenvalue weighted by Crippen LogP contribution is -2.44. The average Bonchev–Trinajstić information content (AvgIpc) is 2.80. The number of carbonyl (C=O) groups is 1. The molecule has 0 bridgehead atoms. The number of hydrogen-bond acceptors (Lipinski definition) is 2. The second-order valence-electron chi connectivity index (χ2n) is 4.56. The highest BCUT2D eigenvalue weighted by Gasteiger charge is 2.29. The van der Waals surface area contributed by atoms with E-state index in [4.69, 9.17) is 5.73 Å². The van der Waals surface area contributed by atoms with Crippen LogP contribution in [-0.4, -0.2) is 29.9 Å². The Labute approximate surface area is 98.7 Å². The molecule has 2 N–H and O–H groups in total. The third-order valence-corrected chi connectivity index (χ3v) is 3.50. The molecule has 1 rings (SSSR count). The van der Waals surface area contributed by atoms with Crippen LogP contribution in [0.5, 0.6) is 0 Å². The summed E-state index contributed by atoms with van der Waals surface area (Å²) in [4.78, 5) is 14.3. The Hall–Kier alpha value is -0.830. The Balaban J connectivity index is 2.67. The number of rotatable bonds is 6. The highest BCUT2D eigenvalue weighted by Crippen LogP contribution is 2.25. The number of carbonyl (C=O) groups excluding carboxylic acids is 1. The van der Waals surface area contributed by atoms with E-state index < -0.39 is 0 Å². The van der Waals surface area contributed by atoms with E-state index in [1.807, 2.05) is 17.9 Å². The molecule has 3 heteroatoms. The van der Waals surface area contributed by atoms with Gasteiger partial charge in [0, 0.05) is 19.1 Å². The minimum Gasteiger partial charge on any atom is -0.336 e. The van der Waals surface area contributed by atoms with Crippen LogP contribution < -0.4 is 5.73 Å². The molecule has 0 spiro atoms. The van der Waals surface area contributed by atoms with Crippen molar-refractivity contribution in [3.8, 4) is 0 Å². The Bertz CT molecular complexity index is 230. The van der Waals surface area contributed by atoms with E-state index >= 15 is 0 Å². The molecule has 1 unspecified atom stereocenters. The second kappa shape index (κ2) is 6.69. The lowest BCUT2D eigenvalue weighted by molar-refractivity contribution is -0.137. The summed E-state index contributed by atoms with van der Waals surface area (Å²) in [7, 11) is 0. The summed E-state index contributed by atoms with van der Waals surface area (Å²) >= 11 is 0. The highest BCUT2D eigenvalue weighted by molar-refractivity contribution is 5.79. The van der Waals surface area contributed by atoms with Gasteiger partial charge in [0.1, 0.15) is 0 Å². The monoisotopic (exact) mass is 224 g/mol. The van der Waals surface area contributed by atoms with Crippen molar-refractivity contribution in [3.63, 3.8) is 0 Å². The van der Waals surface area contributed by atoms with Gasteiger partial charge in [-0.15, -0.1) is 6.58 Å². The SMILES string of the molecule is C=CCN(C(=O)C(CC)CN)C1CCCC1. The van der Waals surface area contributed by atoms with Crippen molar-refractivity contribution in [1.82, 2.24) is 4.90 Å². The molecule has 92 valence electrons. The van der Waals surface area contributed by atoms with Crippen LogP contribution in [-0.2, 0) is 4.79 Å². The van der Waals surface area contributed by atoms with Gasteiger partial charge in [-0.3, -0.25) is 4.79 Å². The van der Waals surface area contributed by atoms with Crippen molar-refractivity contribution in [2.45, 2.75) is 45.1 Å². The molecule has 0 aromatic heterocycles. The van der Waals surface area contributed by atoms with Crippen LogP contribution in [0, 0.1) is 5.92 Å². The number of nitrogens with zero attached hydrogens (tertiary/aromatic N) is 1. The first-order valence-corrected chi connectivity index (χ1v) is 6.36. The molecule has 0 radical (unpaired) electrons.